The molecule has 0 amide bonds. The van der Waals surface area contributed by atoms with Gasteiger partial charge in [0.25, 0.3) is 5.56 Å². The van der Waals surface area contributed by atoms with Gasteiger partial charge in [-0.1, -0.05) is 86.3 Å². The van der Waals surface area contributed by atoms with E-state index in [0.717, 1.165) is 90.6 Å². The third-order valence-electron chi connectivity index (χ3n) is 9.20. The number of halogens is 2. The number of hydrogen-bond donors (Lipinski definition) is 1. The number of rotatable bonds is 16. The highest BCUT2D eigenvalue weighted by atomic mass is 32.2. The number of fused-ring (bicyclic) bond motifs is 1. The van der Waals surface area contributed by atoms with E-state index in [9.17, 15) is 13.6 Å². The van der Waals surface area contributed by atoms with Crippen molar-refractivity contribution >= 4 is 11.8 Å². The Labute approximate surface area is 290 Å². The van der Waals surface area contributed by atoms with E-state index in [-0.39, 0.29) is 11.4 Å². The summed E-state index contributed by atoms with van der Waals surface area (Å²) in [5, 5.41) is 13.6. The largest absolute Gasteiger partial charge is 0.316 e. The monoisotopic (exact) mass is 683 g/mol. The smallest absolute Gasteiger partial charge is 0.277 e. The fraction of sp³-hybridized carbons (Fsp3) is 0.368. The van der Waals surface area contributed by atoms with Gasteiger partial charge in [0.15, 0.2) is 11.0 Å². The first-order chi connectivity index (χ1) is 23.9. The van der Waals surface area contributed by atoms with Crippen molar-refractivity contribution in [1.82, 2.24) is 34.5 Å². The zero-order valence-electron chi connectivity index (χ0n) is 28.2. The topological polar surface area (TPSA) is 80.9 Å². The van der Waals surface area contributed by atoms with Gasteiger partial charge in [-0.05, 0) is 72.3 Å². The molecule has 1 aliphatic carbocycles. The van der Waals surface area contributed by atoms with Crippen molar-refractivity contribution in [2.24, 2.45) is 0 Å². The number of nitrogens with one attached hydrogen (secondary N) is 1. The summed E-state index contributed by atoms with van der Waals surface area (Å²) >= 11 is 1.48. The van der Waals surface area contributed by atoms with E-state index in [1.807, 2.05) is 24.3 Å². The summed E-state index contributed by atoms with van der Waals surface area (Å²) in [6.07, 6.45) is 2.44. The van der Waals surface area contributed by atoms with Gasteiger partial charge in [0.2, 0.25) is 0 Å². The Morgan fingerprint density at radius 1 is 0.816 bits per heavy atom. The second-order valence-corrected chi connectivity index (χ2v) is 13.3. The molecule has 0 fully saturated rings. The zero-order valence-corrected chi connectivity index (χ0v) is 29.0. The number of alkyl halides is 1. The standard InChI is InChI=1S/C38H43F2N7OS/c1-3-45(4-2)21-20-41-23-35-43-44-36(47(35)24-28-10-16-31(17-11-28)30-14-8-27(22-39)9-15-30)25-46-34-7-5-6-33(34)37(48)42-38(46)49-26-29-12-18-32(40)19-13-29/h8-19,41H,3-7,20-26H2,1-2H3. The van der Waals surface area contributed by atoms with Gasteiger partial charge < -0.3 is 19.4 Å². The molecule has 3 aromatic carbocycles. The van der Waals surface area contributed by atoms with Crippen molar-refractivity contribution < 1.29 is 8.78 Å². The molecule has 2 aromatic heterocycles. The molecule has 1 N–H and O–H groups in total. The van der Waals surface area contributed by atoms with Crippen LogP contribution in [0.2, 0.25) is 0 Å². The van der Waals surface area contributed by atoms with E-state index in [0.29, 0.717) is 36.1 Å². The van der Waals surface area contributed by atoms with Crippen molar-refractivity contribution in [3.8, 4) is 11.1 Å². The van der Waals surface area contributed by atoms with Crippen molar-refractivity contribution in [3.05, 3.63) is 129 Å². The van der Waals surface area contributed by atoms with Crippen LogP contribution in [0.1, 0.15) is 59.9 Å². The quantitative estimate of drug-likeness (QED) is 0.0731. The van der Waals surface area contributed by atoms with Crippen LogP contribution in [0.4, 0.5) is 8.78 Å². The van der Waals surface area contributed by atoms with Crippen LogP contribution in [0.15, 0.2) is 82.7 Å². The molecule has 0 saturated heterocycles. The highest BCUT2D eigenvalue weighted by Crippen LogP contribution is 2.28. The van der Waals surface area contributed by atoms with Crippen LogP contribution in [0.3, 0.4) is 0 Å². The van der Waals surface area contributed by atoms with Gasteiger partial charge in [0, 0.05) is 30.1 Å². The molecule has 0 radical (unpaired) electrons. The Kier molecular flexibility index (Phi) is 11.7. The normalized spacial score (nSPS) is 12.6. The summed E-state index contributed by atoms with van der Waals surface area (Å²) < 4.78 is 30.9. The number of likely N-dealkylation sites (N-methyl/N-ethyl adjacent to an activating group) is 1. The van der Waals surface area contributed by atoms with E-state index in [4.69, 9.17) is 5.10 Å². The van der Waals surface area contributed by atoms with Gasteiger partial charge >= 0.3 is 0 Å². The molecule has 256 valence electrons. The molecule has 0 bridgehead atoms. The summed E-state index contributed by atoms with van der Waals surface area (Å²) in [7, 11) is 0. The first kappa shape index (κ1) is 34.7. The molecule has 6 rings (SSSR count). The molecule has 0 saturated carbocycles. The number of nitrogens with zero attached hydrogens (tertiary/aromatic N) is 6. The highest BCUT2D eigenvalue weighted by molar-refractivity contribution is 7.98. The fourth-order valence-corrected chi connectivity index (χ4v) is 7.25. The van der Waals surface area contributed by atoms with E-state index < -0.39 is 6.67 Å². The third-order valence-corrected chi connectivity index (χ3v) is 10.3. The zero-order chi connectivity index (χ0) is 34.2. The first-order valence-electron chi connectivity index (χ1n) is 17.0. The van der Waals surface area contributed by atoms with Gasteiger partial charge in [-0.25, -0.2) is 8.78 Å². The van der Waals surface area contributed by atoms with E-state index in [1.54, 1.807) is 12.1 Å². The fourth-order valence-electron chi connectivity index (χ4n) is 6.28. The number of thioether (sulfide) groups is 1. The molecule has 49 heavy (non-hydrogen) atoms. The second-order valence-electron chi connectivity index (χ2n) is 12.3. The Bertz CT molecular complexity index is 1890. The molecule has 1 aliphatic rings. The molecular weight excluding hydrogens is 641 g/mol. The Morgan fingerprint density at radius 3 is 2.14 bits per heavy atom. The van der Waals surface area contributed by atoms with Crippen molar-refractivity contribution in [2.45, 2.75) is 70.3 Å². The molecule has 11 heteroatoms. The first-order valence-corrected chi connectivity index (χ1v) is 18.0. The predicted octanol–water partition coefficient (Wildman–Crippen LogP) is 6.42. The van der Waals surface area contributed by atoms with Crippen LogP contribution in [-0.2, 0) is 44.9 Å². The minimum Gasteiger partial charge on any atom is -0.316 e. The van der Waals surface area contributed by atoms with Gasteiger partial charge in [-0.3, -0.25) is 4.79 Å². The van der Waals surface area contributed by atoms with Gasteiger partial charge in [0.05, 0.1) is 19.6 Å². The lowest BCUT2D eigenvalue weighted by molar-refractivity contribution is 0.301. The molecule has 0 spiro atoms. The Hall–Kier alpha value is -4.19. The van der Waals surface area contributed by atoms with Crippen molar-refractivity contribution in [2.75, 3.05) is 26.2 Å². The lowest BCUT2D eigenvalue weighted by Gasteiger charge is -2.19. The average Bonchev–Trinajstić information content (AvgIpc) is 3.78. The summed E-state index contributed by atoms with van der Waals surface area (Å²) in [6.45, 7) is 9.24. The molecule has 0 atom stereocenters. The minimum atomic E-state index is -0.472. The van der Waals surface area contributed by atoms with Crippen LogP contribution in [0.5, 0.6) is 0 Å². The maximum Gasteiger partial charge on any atom is 0.277 e. The van der Waals surface area contributed by atoms with Crippen LogP contribution < -0.4 is 10.9 Å². The summed E-state index contributed by atoms with van der Waals surface area (Å²) in [5.41, 5.74) is 6.46. The molecule has 2 heterocycles. The minimum absolute atomic E-state index is 0.163. The molecule has 0 aliphatic heterocycles. The predicted molar refractivity (Wildman–Crippen MR) is 191 cm³/mol. The molecule has 0 unspecified atom stereocenters. The number of aromatic nitrogens is 5. The lowest BCUT2D eigenvalue weighted by Crippen LogP contribution is -2.32. The molecule has 5 aromatic rings. The maximum atomic E-state index is 13.5. The Morgan fingerprint density at radius 2 is 1.47 bits per heavy atom. The van der Waals surface area contributed by atoms with Crippen LogP contribution in [0, 0.1) is 5.82 Å². The number of benzene rings is 3. The molecule has 8 nitrogen and oxygen atoms in total. The van der Waals surface area contributed by atoms with E-state index in [2.05, 4.69) is 67.5 Å². The van der Waals surface area contributed by atoms with Crippen LogP contribution in [-0.4, -0.2) is 55.4 Å². The van der Waals surface area contributed by atoms with Crippen LogP contribution >= 0.6 is 11.8 Å². The third kappa shape index (κ3) is 8.52. The SMILES string of the molecule is CCN(CC)CCNCc1nnc(Cn2c(SCc3ccc(F)cc3)nc(=O)c3c2CCC3)n1Cc1ccc(-c2ccc(CF)cc2)cc1. The highest BCUT2D eigenvalue weighted by Gasteiger charge is 2.24. The second kappa shape index (κ2) is 16.5. The Balaban J connectivity index is 1.28. The number of hydrogen-bond acceptors (Lipinski definition) is 7. The van der Waals surface area contributed by atoms with Gasteiger partial charge in [0.1, 0.15) is 18.3 Å². The maximum absolute atomic E-state index is 13.5. The van der Waals surface area contributed by atoms with Crippen LogP contribution in [0.25, 0.3) is 11.1 Å². The van der Waals surface area contributed by atoms with Gasteiger partial charge in [-0.2, -0.15) is 4.98 Å². The van der Waals surface area contributed by atoms with E-state index in [1.165, 1.54) is 23.9 Å². The van der Waals surface area contributed by atoms with Crippen molar-refractivity contribution in [3.63, 3.8) is 0 Å². The summed E-state index contributed by atoms with van der Waals surface area (Å²) in [4.78, 5) is 20.0. The lowest BCUT2D eigenvalue weighted by atomic mass is 10.0. The van der Waals surface area contributed by atoms with Gasteiger partial charge in [-0.15, -0.1) is 10.2 Å². The summed E-state index contributed by atoms with van der Waals surface area (Å²) in [6, 6.07) is 22.4. The average molecular weight is 684 g/mol. The van der Waals surface area contributed by atoms with E-state index >= 15 is 0 Å². The van der Waals surface area contributed by atoms with Crippen molar-refractivity contribution in [1.29, 1.82) is 0 Å². The molecular formula is C38H43F2N7OS. The summed E-state index contributed by atoms with van der Waals surface area (Å²) in [5.74, 6) is 1.91.